The summed E-state index contributed by atoms with van der Waals surface area (Å²) in [6.45, 7) is 2.16. The average molecular weight is 207 g/mol. The maximum absolute atomic E-state index is 8.86. The molecule has 0 bridgehead atoms. The first kappa shape index (κ1) is 10.4. The summed E-state index contributed by atoms with van der Waals surface area (Å²) in [7, 11) is 0. The summed E-state index contributed by atoms with van der Waals surface area (Å²) in [5, 5.41) is 8.86. The molecule has 0 aliphatic carbocycles. The lowest BCUT2D eigenvalue weighted by molar-refractivity contribution is 0.921. The van der Waals surface area contributed by atoms with Gasteiger partial charge < -0.3 is 0 Å². The Hall–Kier alpha value is -2.07. The predicted molar refractivity (Wildman–Crippen MR) is 65.1 cm³/mol. The van der Waals surface area contributed by atoms with Crippen LogP contribution in [0.25, 0.3) is 0 Å². The predicted octanol–water partition coefficient (Wildman–Crippen LogP) is 3.71. The molecule has 0 spiro atoms. The van der Waals surface area contributed by atoms with Gasteiger partial charge in [-0.1, -0.05) is 49.4 Å². The Morgan fingerprint density at radius 3 is 2.31 bits per heavy atom. The van der Waals surface area contributed by atoms with Gasteiger partial charge in [0.2, 0.25) is 0 Å². The van der Waals surface area contributed by atoms with Crippen LogP contribution in [0.2, 0.25) is 0 Å². The van der Waals surface area contributed by atoms with E-state index in [1.54, 1.807) is 0 Å². The maximum Gasteiger partial charge on any atom is 0.0991 e. The summed E-state index contributed by atoms with van der Waals surface area (Å²) in [6, 6.07) is 20.3. The molecule has 2 aromatic rings. The maximum atomic E-state index is 8.86. The Morgan fingerprint density at radius 1 is 0.938 bits per heavy atom. The molecule has 0 fully saturated rings. The molecule has 78 valence electrons. The van der Waals surface area contributed by atoms with Crippen LogP contribution in [-0.2, 0) is 0 Å². The lowest BCUT2D eigenvalue weighted by Crippen LogP contribution is -1.95. The Morgan fingerprint density at radius 2 is 1.62 bits per heavy atom. The number of nitrogens with zero attached hydrogens (tertiary/aromatic N) is 1. The molecule has 1 atom stereocenters. The van der Waals surface area contributed by atoms with Gasteiger partial charge in [-0.25, -0.2) is 0 Å². The Balaban J connectivity index is 2.35. The van der Waals surface area contributed by atoms with Gasteiger partial charge in [-0.15, -0.1) is 0 Å². The van der Waals surface area contributed by atoms with Crippen molar-refractivity contribution in [2.24, 2.45) is 0 Å². The van der Waals surface area contributed by atoms with E-state index in [0.717, 1.165) is 5.56 Å². The van der Waals surface area contributed by atoms with Crippen LogP contribution in [0.3, 0.4) is 0 Å². The van der Waals surface area contributed by atoms with Gasteiger partial charge in [0.05, 0.1) is 11.6 Å². The largest absolute Gasteiger partial charge is 0.192 e. The average Bonchev–Trinajstić information content (AvgIpc) is 2.39. The van der Waals surface area contributed by atoms with Gasteiger partial charge in [-0.2, -0.15) is 5.26 Å². The van der Waals surface area contributed by atoms with Crippen molar-refractivity contribution in [1.82, 2.24) is 0 Å². The van der Waals surface area contributed by atoms with Crippen molar-refractivity contribution in [2.45, 2.75) is 12.8 Å². The van der Waals surface area contributed by atoms with E-state index in [1.165, 1.54) is 11.1 Å². The van der Waals surface area contributed by atoms with Crippen molar-refractivity contribution in [1.29, 1.82) is 5.26 Å². The summed E-state index contributed by atoms with van der Waals surface area (Å²) in [5.74, 6) is 0.328. The monoisotopic (exact) mass is 207 g/mol. The number of hydrogen-bond donors (Lipinski definition) is 0. The molecule has 1 nitrogen and oxygen atoms in total. The van der Waals surface area contributed by atoms with Crippen LogP contribution < -0.4 is 0 Å². The first-order valence-electron chi connectivity index (χ1n) is 5.36. The number of nitriles is 1. The van der Waals surface area contributed by atoms with Gasteiger partial charge in [0.25, 0.3) is 0 Å². The molecule has 2 rings (SSSR count). The van der Waals surface area contributed by atoms with Gasteiger partial charge in [0.15, 0.2) is 0 Å². The summed E-state index contributed by atoms with van der Waals surface area (Å²) >= 11 is 0. The zero-order chi connectivity index (χ0) is 11.4. The molecule has 0 N–H and O–H groups in total. The van der Waals surface area contributed by atoms with Crippen molar-refractivity contribution in [3.8, 4) is 6.07 Å². The molecule has 0 aliphatic heterocycles. The van der Waals surface area contributed by atoms with E-state index in [0.29, 0.717) is 5.92 Å². The molecule has 0 saturated heterocycles. The molecule has 0 saturated carbocycles. The smallest absolute Gasteiger partial charge is 0.0991 e. The highest BCUT2D eigenvalue weighted by Crippen LogP contribution is 2.24. The first-order valence-corrected chi connectivity index (χ1v) is 5.36. The van der Waals surface area contributed by atoms with Crippen LogP contribution in [0, 0.1) is 11.3 Å². The first-order chi connectivity index (χ1) is 7.81. The third kappa shape index (κ3) is 2.12. The molecule has 1 heteroatoms. The number of benzene rings is 2. The lowest BCUT2D eigenvalue weighted by atomic mass is 9.92. The van der Waals surface area contributed by atoms with E-state index in [1.807, 2.05) is 36.4 Å². The SMILES string of the molecule is C[C@@H](c1ccccc1)c1cccc(C#N)c1. The van der Waals surface area contributed by atoms with Crippen molar-refractivity contribution in [3.63, 3.8) is 0 Å². The zero-order valence-corrected chi connectivity index (χ0v) is 9.22. The summed E-state index contributed by atoms with van der Waals surface area (Å²) in [6.07, 6.45) is 0. The highest BCUT2D eigenvalue weighted by atomic mass is 14.2. The topological polar surface area (TPSA) is 23.8 Å². The van der Waals surface area contributed by atoms with Crippen molar-refractivity contribution in [2.75, 3.05) is 0 Å². The normalized spacial score (nSPS) is 11.8. The van der Waals surface area contributed by atoms with Gasteiger partial charge in [0.1, 0.15) is 0 Å². The molecular weight excluding hydrogens is 194 g/mol. The molecule has 2 aromatic carbocycles. The van der Waals surface area contributed by atoms with E-state index in [4.69, 9.17) is 5.26 Å². The third-order valence-corrected chi connectivity index (χ3v) is 2.82. The molecule has 0 unspecified atom stereocenters. The fraction of sp³-hybridized carbons (Fsp3) is 0.133. The second-order valence-electron chi connectivity index (χ2n) is 3.87. The minimum atomic E-state index is 0.328. The fourth-order valence-electron chi connectivity index (χ4n) is 1.81. The summed E-state index contributed by atoms with van der Waals surface area (Å²) in [4.78, 5) is 0. The molecule has 0 aromatic heterocycles. The number of rotatable bonds is 2. The van der Waals surface area contributed by atoms with E-state index in [9.17, 15) is 0 Å². The van der Waals surface area contributed by atoms with Gasteiger partial charge in [-0.3, -0.25) is 0 Å². The van der Waals surface area contributed by atoms with E-state index >= 15 is 0 Å². The second kappa shape index (κ2) is 4.63. The Kier molecular flexibility index (Phi) is 3.03. The van der Waals surface area contributed by atoms with Crippen LogP contribution in [-0.4, -0.2) is 0 Å². The molecule has 0 amide bonds. The Labute approximate surface area is 96.0 Å². The van der Waals surface area contributed by atoms with Crippen LogP contribution >= 0.6 is 0 Å². The Bertz CT molecular complexity index is 508. The fourth-order valence-corrected chi connectivity index (χ4v) is 1.81. The standard InChI is InChI=1S/C15H13N/c1-12(14-7-3-2-4-8-14)15-9-5-6-13(10-15)11-16/h2-10,12H,1H3/t12-/m0/s1. The highest BCUT2D eigenvalue weighted by Gasteiger charge is 2.07. The third-order valence-electron chi connectivity index (χ3n) is 2.82. The zero-order valence-electron chi connectivity index (χ0n) is 9.22. The van der Waals surface area contributed by atoms with Crippen LogP contribution in [0.15, 0.2) is 54.6 Å². The summed E-state index contributed by atoms with van der Waals surface area (Å²) in [5.41, 5.74) is 3.18. The molecule has 16 heavy (non-hydrogen) atoms. The molecule has 0 aliphatic rings. The van der Waals surface area contributed by atoms with Gasteiger partial charge in [-0.05, 0) is 23.3 Å². The quantitative estimate of drug-likeness (QED) is 0.736. The van der Waals surface area contributed by atoms with E-state index in [2.05, 4.69) is 31.2 Å². The van der Waals surface area contributed by atoms with Crippen LogP contribution in [0.5, 0.6) is 0 Å². The van der Waals surface area contributed by atoms with Crippen LogP contribution in [0.4, 0.5) is 0 Å². The summed E-state index contributed by atoms with van der Waals surface area (Å²) < 4.78 is 0. The minimum Gasteiger partial charge on any atom is -0.192 e. The lowest BCUT2D eigenvalue weighted by Gasteiger charge is -2.12. The van der Waals surface area contributed by atoms with E-state index < -0.39 is 0 Å². The number of hydrogen-bond acceptors (Lipinski definition) is 1. The molecule has 0 heterocycles. The van der Waals surface area contributed by atoms with Crippen LogP contribution in [0.1, 0.15) is 29.5 Å². The second-order valence-corrected chi connectivity index (χ2v) is 3.87. The van der Waals surface area contributed by atoms with E-state index in [-0.39, 0.29) is 0 Å². The van der Waals surface area contributed by atoms with Gasteiger partial charge >= 0.3 is 0 Å². The van der Waals surface area contributed by atoms with Crippen molar-refractivity contribution < 1.29 is 0 Å². The molecular formula is C15H13N. The highest BCUT2D eigenvalue weighted by molar-refractivity contribution is 5.38. The minimum absolute atomic E-state index is 0.328. The van der Waals surface area contributed by atoms with Gasteiger partial charge in [0, 0.05) is 5.92 Å². The van der Waals surface area contributed by atoms with Crippen molar-refractivity contribution >= 4 is 0 Å². The molecule has 0 radical (unpaired) electrons. The van der Waals surface area contributed by atoms with Crippen molar-refractivity contribution in [3.05, 3.63) is 71.3 Å².